The molecule has 0 aromatic rings. The van der Waals surface area contributed by atoms with E-state index in [1.807, 2.05) is 0 Å². The Hall–Kier alpha value is -2.14. The molecular formula is C57H104O5. The van der Waals surface area contributed by atoms with E-state index in [4.69, 9.17) is 14.2 Å². The third kappa shape index (κ3) is 50.5. The Balaban J connectivity index is 4.22. The van der Waals surface area contributed by atoms with Crippen LogP contribution in [0, 0.1) is 0 Å². The van der Waals surface area contributed by atoms with Gasteiger partial charge in [0.25, 0.3) is 0 Å². The van der Waals surface area contributed by atoms with Crippen molar-refractivity contribution in [1.29, 1.82) is 0 Å². The highest BCUT2D eigenvalue weighted by molar-refractivity contribution is 5.70. The first-order valence-corrected chi connectivity index (χ1v) is 27.2. The zero-order valence-electron chi connectivity index (χ0n) is 41.6. The number of carbonyl (C=O) groups is 2. The smallest absolute Gasteiger partial charge is 0.306 e. The average Bonchev–Trinajstić information content (AvgIpc) is 3.27. The van der Waals surface area contributed by atoms with E-state index >= 15 is 0 Å². The number of esters is 2. The predicted molar refractivity (Wildman–Crippen MR) is 270 cm³/mol. The van der Waals surface area contributed by atoms with Gasteiger partial charge in [0, 0.05) is 19.4 Å². The highest BCUT2D eigenvalue weighted by atomic mass is 16.6. The molecule has 0 aromatic carbocycles. The minimum absolute atomic E-state index is 0.0797. The van der Waals surface area contributed by atoms with Crippen LogP contribution in [0.5, 0.6) is 0 Å². The molecule has 1 unspecified atom stereocenters. The highest BCUT2D eigenvalue weighted by Gasteiger charge is 2.17. The Morgan fingerprint density at radius 2 is 0.677 bits per heavy atom. The lowest BCUT2D eigenvalue weighted by atomic mass is 10.1. The van der Waals surface area contributed by atoms with Gasteiger partial charge >= 0.3 is 11.9 Å². The Labute approximate surface area is 386 Å². The summed E-state index contributed by atoms with van der Waals surface area (Å²) in [5.41, 5.74) is 0. The maximum atomic E-state index is 12.8. The summed E-state index contributed by atoms with van der Waals surface area (Å²) in [7, 11) is 0. The summed E-state index contributed by atoms with van der Waals surface area (Å²) in [5.74, 6) is -0.405. The van der Waals surface area contributed by atoms with Gasteiger partial charge in [0.1, 0.15) is 6.61 Å². The second kappa shape index (κ2) is 53.2. The normalized spacial score (nSPS) is 12.5. The van der Waals surface area contributed by atoms with Crippen molar-refractivity contribution in [1.82, 2.24) is 0 Å². The molecule has 0 saturated carbocycles. The molecule has 0 saturated heterocycles. The molecule has 0 aliphatic carbocycles. The number of allylic oxidation sites excluding steroid dienone is 8. The van der Waals surface area contributed by atoms with Crippen LogP contribution in [-0.4, -0.2) is 37.9 Å². The fraction of sp³-hybridized carbons (Fsp3) is 0.825. The minimum atomic E-state index is -0.540. The third-order valence-electron chi connectivity index (χ3n) is 11.8. The molecule has 0 spiro atoms. The molecule has 0 aliphatic heterocycles. The summed E-state index contributed by atoms with van der Waals surface area (Å²) in [6.45, 7) is 7.81. The summed E-state index contributed by atoms with van der Waals surface area (Å²) in [6, 6.07) is 0. The van der Waals surface area contributed by atoms with Crippen molar-refractivity contribution in [2.24, 2.45) is 0 Å². The van der Waals surface area contributed by atoms with E-state index in [0.29, 0.717) is 19.4 Å². The summed E-state index contributed by atoms with van der Waals surface area (Å²) in [5, 5.41) is 0. The highest BCUT2D eigenvalue weighted by Crippen LogP contribution is 2.15. The number of unbranched alkanes of at least 4 members (excludes halogenated alkanes) is 31. The van der Waals surface area contributed by atoms with E-state index in [1.165, 1.54) is 173 Å². The molecule has 0 aromatic heterocycles. The average molecular weight is 869 g/mol. The monoisotopic (exact) mass is 869 g/mol. The SMILES string of the molecule is CCCCC/C=C\C/C=C\C/C=C\CCCCCCCCC(=O)OCC(COCCCCCCCCCCCC)OC(=O)CCCCCCCCC/C=C\CCCCCCCC. The van der Waals surface area contributed by atoms with Gasteiger partial charge in [-0.1, -0.05) is 230 Å². The molecule has 5 heteroatoms. The zero-order valence-corrected chi connectivity index (χ0v) is 41.6. The lowest BCUT2D eigenvalue weighted by molar-refractivity contribution is -0.163. The van der Waals surface area contributed by atoms with Crippen molar-refractivity contribution in [3.63, 3.8) is 0 Å². The number of ether oxygens (including phenoxy) is 3. The van der Waals surface area contributed by atoms with E-state index in [9.17, 15) is 9.59 Å². The summed E-state index contributed by atoms with van der Waals surface area (Å²) in [6.07, 6.45) is 65.4. The van der Waals surface area contributed by atoms with Gasteiger partial charge in [0.05, 0.1) is 6.61 Å². The van der Waals surface area contributed by atoms with Crippen LogP contribution in [0.2, 0.25) is 0 Å². The second-order valence-electron chi connectivity index (χ2n) is 18.1. The predicted octanol–water partition coefficient (Wildman–Crippen LogP) is 18.3. The minimum Gasteiger partial charge on any atom is -0.462 e. The van der Waals surface area contributed by atoms with Gasteiger partial charge < -0.3 is 14.2 Å². The third-order valence-corrected chi connectivity index (χ3v) is 11.8. The van der Waals surface area contributed by atoms with Crippen molar-refractivity contribution in [2.75, 3.05) is 19.8 Å². The standard InChI is InChI=1S/C57H104O5/c1-4-7-10-13-16-19-22-24-26-28-29-31-32-34-36-38-41-44-47-50-56(58)61-54-55(53-60-52-49-46-43-40-21-18-15-12-9-6-3)62-57(59)51-48-45-42-39-37-35-33-30-27-25-23-20-17-14-11-8-5-2/h16,19,24-27,29,31,55H,4-15,17-18,20-23,28,30,32-54H2,1-3H3/b19-16-,26-24-,27-25-,31-29-. The van der Waals surface area contributed by atoms with Crippen molar-refractivity contribution < 1.29 is 23.8 Å². The first kappa shape index (κ1) is 59.9. The maximum Gasteiger partial charge on any atom is 0.306 e. The summed E-state index contributed by atoms with van der Waals surface area (Å²) < 4.78 is 17.4. The van der Waals surface area contributed by atoms with Crippen LogP contribution in [0.1, 0.15) is 278 Å². The number of carbonyl (C=O) groups excluding carboxylic acids is 2. The molecule has 1 atom stereocenters. The van der Waals surface area contributed by atoms with E-state index in [0.717, 1.165) is 70.6 Å². The molecule has 62 heavy (non-hydrogen) atoms. The van der Waals surface area contributed by atoms with Crippen LogP contribution in [0.4, 0.5) is 0 Å². The number of hydrogen-bond acceptors (Lipinski definition) is 5. The molecular weight excluding hydrogens is 765 g/mol. The van der Waals surface area contributed by atoms with Crippen LogP contribution in [0.25, 0.3) is 0 Å². The van der Waals surface area contributed by atoms with Gasteiger partial charge in [-0.2, -0.15) is 0 Å². The fourth-order valence-electron chi connectivity index (χ4n) is 7.75. The van der Waals surface area contributed by atoms with Crippen LogP contribution < -0.4 is 0 Å². The van der Waals surface area contributed by atoms with E-state index in [1.54, 1.807) is 0 Å². The molecule has 0 fully saturated rings. The number of hydrogen-bond donors (Lipinski definition) is 0. The van der Waals surface area contributed by atoms with E-state index in [2.05, 4.69) is 69.4 Å². The zero-order chi connectivity index (χ0) is 44.9. The van der Waals surface area contributed by atoms with Gasteiger partial charge in [0.2, 0.25) is 0 Å². The largest absolute Gasteiger partial charge is 0.462 e. The number of rotatable bonds is 50. The van der Waals surface area contributed by atoms with Crippen molar-refractivity contribution >= 4 is 11.9 Å². The topological polar surface area (TPSA) is 61.8 Å². The van der Waals surface area contributed by atoms with E-state index in [-0.39, 0.29) is 25.2 Å². The van der Waals surface area contributed by atoms with Crippen LogP contribution in [-0.2, 0) is 23.8 Å². The molecule has 0 bridgehead atoms. The van der Waals surface area contributed by atoms with Crippen LogP contribution in [0.3, 0.4) is 0 Å². The summed E-state index contributed by atoms with van der Waals surface area (Å²) in [4.78, 5) is 25.4. The lowest BCUT2D eigenvalue weighted by Gasteiger charge is -2.18. The van der Waals surface area contributed by atoms with Gasteiger partial charge in [-0.3, -0.25) is 9.59 Å². The second-order valence-corrected chi connectivity index (χ2v) is 18.1. The molecule has 0 N–H and O–H groups in total. The van der Waals surface area contributed by atoms with Gasteiger partial charge in [0.15, 0.2) is 6.10 Å². The molecule has 0 heterocycles. The molecule has 5 nitrogen and oxygen atoms in total. The van der Waals surface area contributed by atoms with Crippen molar-refractivity contribution in [3.05, 3.63) is 48.6 Å². The van der Waals surface area contributed by atoms with Gasteiger partial charge in [-0.25, -0.2) is 0 Å². The quantitative estimate of drug-likeness (QED) is 0.0346. The summed E-state index contributed by atoms with van der Waals surface area (Å²) >= 11 is 0. The van der Waals surface area contributed by atoms with Crippen molar-refractivity contribution in [3.8, 4) is 0 Å². The first-order chi connectivity index (χ1) is 30.6. The van der Waals surface area contributed by atoms with Gasteiger partial charge in [-0.05, 0) is 83.5 Å². The Morgan fingerprint density at radius 3 is 1.13 bits per heavy atom. The molecule has 0 amide bonds. The maximum absolute atomic E-state index is 12.8. The van der Waals surface area contributed by atoms with E-state index < -0.39 is 6.10 Å². The lowest BCUT2D eigenvalue weighted by Crippen LogP contribution is -2.30. The molecule has 362 valence electrons. The van der Waals surface area contributed by atoms with Gasteiger partial charge in [-0.15, -0.1) is 0 Å². The Kier molecular flexibility index (Phi) is 51.4. The molecule has 0 rings (SSSR count). The Bertz CT molecular complexity index is 1030. The van der Waals surface area contributed by atoms with Crippen LogP contribution in [0.15, 0.2) is 48.6 Å². The van der Waals surface area contributed by atoms with Crippen LogP contribution >= 0.6 is 0 Å². The fourth-order valence-corrected chi connectivity index (χ4v) is 7.75. The van der Waals surface area contributed by atoms with Crippen molar-refractivity contribution in [2.45, 2.75) is 284 Å². The first-order valence-electron chi connectivity index (χ1n) is 27.2. The Morgan fingerprint density at radius 1 is 0.355 bits per heavy atom. The molecule has 0 aliphatic rings. The molecule has 0 radical (unpaired) electrons.